The molecule has 2 N–H and O–H groups in total. The average Bonchev–Trinajstić information content (AvgIpc) is 2.16. The summed E-state index contributed by atoms with van der Waals surface area (Å²) in [7, 11) is -0.318. The van der Waals surface area contributed by atoms with E-state index in [0.717, 1.165) is 5.69 Å². The van der Waals surface area contributed by atoms with Crippen LogP contribution in [0, 0.1) is 0 Å². The lowest BCUT2D eigenvalue weighted by molar-refractivity contribution is 1.43. The Bertz CT molecular complexity index is 295. The third-order valence-electron chi connectivity index (χ3n) is 1.93. The molecule has 1 unspecified atom stereocenters. The number of thioether (sulfide) groups is 1. The van der Waals surface area contributed by atoms with Crippen molar-refractivity contribution >= 4 is 26.2 Å². The minimum atomic E-state index is -0.318. The number of nitrogens with two attached hydrogens (primary N) is 1. The number of anilines is 1. The molecule has 3 heteroatoms. The fraction of sp³-hybridized carbons (Fsp3) is 0.273. The Morgan fingerprint density at radius 2 is 1.93 bits per heavy atom. The molecule has 75 valence electrons. The highest BCUT2D eigenvalue weighted by Gasteiger charge is 2.11. The Kier molecular flexibility index (Phi) is 4.29. The van der Waals surface area contributed by atoms with Gasteiger partial charge in [0.05, 0.1) is 8.80 Å². The second-order valence-electron chi connectivity index (χ2n) is 3.42. The molecule has 1 radical (unpaired) electrons. The lowest BCUT2D eigenvalue weighted by Crippen LogP contribution is -2.17. The molecule has 0 bridgehead atoms. The Morgan fingerprint density at radius 3 is 2.36 bits per heavy atom. The third-order valence-corrected chi connectivity index (χ3v) is 6.06. The zero-order valence-corrected chi connectivity index (χ0v) is 10.5. The highest BCUT2D eigenvalue weighted by molar-refractivity contribution is 8.01. The predicted molar refractivity (Wildman–Crippen MR) is 68.2 cm³/mol. The maximum atomic E-state index is 5.63. The van der Waals surface area contributed by atoms with Crippen molar-refractivity contribution in [1.82, 2.24) is 0 Å². The largest absolute Gasteiger partial charge is 0.399 e. The average molecular weight is 222 g/mol. The first-order chi connectivity index (χ1) is 6.63. The van der Waals surface area contributed by atoms with Crippen molar-refractivity contribution in [3.05, 3.63) is 36.9 Å². The van der Waals surface area contributed by atoms with Gasteiger partial charge in [-0.25, -0.2) is 0 Å². The molecule has 0 aromatic heterocycles. The minimum Gasteiger partial charge on any atom is -0.399 e. The van der Waals surface area contributed by atoms with Crippen LogP contribution in [0.1, 0.15) is 0 Å². The lowest BCUT2D eigenvalue weighted by Gasteiger charge is -2.14. The molecule has 14 heavy (non-hydrogen) atoms. The van der Waals surface area contributed by atoms with E-state index < -0.39 is 0 Å². The quantitative estimate of drug-likeness (QED) is 0.366. The summed E-state index contributed by atoms with van der Waals surface area (Å²) < 4.78 is 0. The predicted octanol–water partition coefficient (Wildman–Crippen LogP) is 3.21. The van der Waals surface area contributed by atoms with E-state index in [1.165, 1.54) is 4.90 Å². The summed E-state index contributed by atoms with van der Waals surface area (Å²) >= 11 is 1.88. The molecule has 0 aliphatic carbocycles. The number of hydrogen-bond donors (Lipinski definition) is 1. The van der Waals surface area contributed by atoms with Gasteiger partial charge in [0.15, 0.2) is 0 Å². The minimum absolute atomic E-state index is 0.318. The van der Waals surface area contributed by atoms with Crippen molar-refractivity contribution in [3.8, 4) is 0 Å². The summed E-state index contributed by atoms with van der Waals surface area (Å²) in [5.74, 6) is 0. The van der Waals surface area contributed by atoms with Crippen molar-refractivity contribution in [2.45, 2.75) is 22.9 Å². The van der Waals surface area contributed by atoms with Crippen molar-refractivity contribution in [3.63, 3.8) is 0 Å². The van der Waals surface area contributed by atoms with Crippen LogP contribution in [0.3, 0.4) is 0 Å². The zero-order valence-electron chi connectivity index (χ0n) is 8.66. The Labute approximate surface area is 92.0 Å². The summed E-state index contributed by atoms with van der Waals surface area (Å²) in [5, 5.41) is 0. The van der Waals surface area contributed by atoms with Gasteiger partial charge in [-0.2, -0.15) is 0 Å². The van der Waals surface area contributed by atoms with E-state index in [0.29, 0.717) is 4.87 Å². The van der Waals surface area contributed by atoms with Crippen LogP contribution in [0.5, 0.6) is 0 Å². The molecule has 0 aliphatic heterocycles. The van der Waals surface area contributed by atoms with E-state index in [2.05, 4.69) is 37.9 Å². The second kappa shape index (κ2) is 5.27. The molecular formula is C11H16NSSi. The molecule has 1 aromatic carbocycles. The highest BCUT2D eigenvalue weighted by atomic mass is 32.2. The molecular weight excluding hydrogens is 206 g/mol. The van der Waals surface area contributed by atoms with Gasteiger partial charge in [-0.05, 0) is 24.3 Å². The van der Waals surface area contributed by atoms with E-state index in [1.54, 1.807) is 0 Å². The molecule has 0 aliphatic rings. The van der Waals surface area contributed by atoms with Gasteiger partial charge in [0.25, 0.3) is 0 Å². The van der Waals surface area contributed by atoms with Crippen LogP contribution in [0.15, 0.2) is 41.8 Å². The van der Waals surface area contributed by atoms with Crippen LogP contribution in [-0.2, 0) is 0 Å². The SMILES string of the molecule is C=CC(Sc1ccc(N)cc1)[Si](C)C. The van der Waals surface area contributed by atoms with Crippen LogP contribution >= 0.6 is 11.8 Å². The fourth-order valence-electron chi connectivity index (χ4n) is 1.09. The molecule has 1 nitrogen and oxygen atoms in total. The van der Waals surface area contributed by atoms with E-state index >= 15 is 0 Å². The summed E-state index contributed by atoms with van der Waals surface area (Å²) in [6.45, 7) is 8.49. The molecule has 1 rings (SSSR count). The van der Waals surface area contributed by atoms with Gasteiger partial charge in [-0.1, -0.05) is 19.2 Å². The standard InChI is InChI=1S/C11H16NSSi/c1-4-11(14(2)3)13-10-7-5-9(12)6-8-10/h4-8,11H,1,12H2,2-3H3. The van der Waals surface area contributed by atoms with Crippen LogP contribution in [0.4, 0.5) is 5.69 Å². The number of rotatable bonds is 4. The van der Waals surface area contributed by atoms with Gasteiger partial charge in [0, 0.05) is 15.5 Å². The summed E-state index contributed by atoms with van der Waals surface area (Å²) in [4.78, 5) is 1.85. The fourth-order valence-corrected chi connectivity index (χ4v) is 3.60. The van der Waals surface area contributed by atoms with Gasteiger partial charge >= 0.3 is 0 Å². The first kappa shape index (κ1) is 11.4. The molecule has 1 atom stereocenters. The van der Waals surface area contributed by atoms with Gasteiger partial charge in [0.1, 0.15) is 0 Å². The summed E-state index contributed by atoms with van der Waals surface area (Å²) in [6.07, 6.45) is 2.05. The first-order valence-electron chi connectivity index (χ1n) is 4.58. The Hall–Kier alpha value is -0.673. The topological polar surface area (TPSA) is 26.0 Å². The molecule has 0 heterocycles. The van der Waals surface area contributed by atoms with Gasteiger partial charge in [0.2, 0.25) is 0 Å². The van der Waals surface area contributed by atoms with Gasteiger partial charge < -0.3 is 5.73 Å². The molecule has 1 aromatic rings. The Morgan fingerprint density at radius 1 is 1.36 bits per heavy atom. The normalized spacial score (nSPS) is 12.8. The first-order valence-corrected chi connectivity index (χ1v) is 8.04. The summed E-state index contributed by atoms with van der Waals surface area (Å²) in [6, 6.07) is 8.03. The van der Waals surface area contributed by atoms with E-state index in [4.69, 9.17) is 5.73 Å². The van der Waals surface area contributed by atoms with Crippen molar-refractivity contribution < 1.29 is 0 Å². The van der Waals surface area contributed by atoms with Crippen molar-refractivity contribution in [1.29, 1.82) is 0 Å². The van der Waals surface area contributed by atoms with Crippen LogP contribution in [-0.4, -0.2) is 13.7 Å². The molecule has 0 saturated carbocycles. The van der Waals surface area contributed by atoms with Gasteiger partial charge in [-0.3, -0.25) is 0 Å². The van der Waals surface area contributed by atoms with Gasteiger partial charge in [-0.15, -0.1) is 18.3 Å². The van der Waals surface area contributed by atoms with Crippen molar-refractivity contribution in [2.75, 3.05) is 5.73 Å². The number of nitrogen functional groups attached to an aromatic ring is 1. The monoisotopic (exact) mass is 222 g/mol. The molecule has 0 saturated heterocycles. The van der Waals surface area contributed by atoms with Crippen molar-refractivity contribution in [2.24, 2.45) is 0 Å². The number of benzene rings is 1. The van der Waals surface area contributed by atoms with E-state index in [-0.39, 0.29) is 8.80 Å². The smallest absolute Gasteiger partial charge is 0.0626 e. The third kappa shape index (κ3) is 3.23. The highest BCUT2D eigenvalue weighted by Crippen LogP contribution is 2.26. The summed E-state index contributed by atoms with van der Waals surface area (Å²) in [5.41, 5.74) is 6.45. The van der Waals surface area contributed by atoms with Crippen LogP contribution in [0.2, 0.25) is 13.1 Å². The maximum Gasteiger partial charge on any atom is 0.0626 e. The zero-order chi connectivity index (χ0) is 10.6. The van der Waals surface area contributed by atoms with Crippen LogP contribution < -0.4 is 5.73 Å². The molecule has 0 amide bonds. The van der Waals surface area contributed by atoms with E-state index in [1.807, 2.05) is 23.9 Å². The maximum absolute atomic E-state index is 5.63. The van der Waals surface area contributed by atoms with Crippen LogP contribution in [0.25, 0.3) is 0 Å². The Balaban J connectivity index is 2.67. The second-order valence-corrected chi connectivity index (χ2v) is 7.83. The lowest BCUT2D eigenvalue weighted by atomic mass is 10.3. The van der Waals surface area contributed by atoms with E-state index in [9.17, 15) is 0 Å². The molecule has 0 spiro atoms. The number of hydrogen-bond acceptors (Lipinski definition) is 2. The molecule has 0 fully saturated rings.